The van der Waals surface area contributed by atoms with Crippen LogP contribution in [0.2, 0.25) is 5.02 Å². The Bertz CT molecular complexity index is 1490. The molecular weight excluding hydrogens is 555 g/mol. The largest absolute Gasteiger partial charge is 0.494 e. The number of piperidine rings is 1. The van der Waals surface area contributed by atoms with Crippen molar-refractivity contribution >= 4 is 52.9 Å². The summed E-state index contributed by atoms with van der Waals surface area (Å²) in [6.45, 7) is 14.3. The molecule has 0 amide bonds. The fourth-order valence-corrected chi connectivity index (χ4v) is 7.99. The highest BCUT2D eigenvalue weighted by Crippen LogP contribution is 2.46. The van der Waals surface area contributed by atoms with E-state index in [0.29, 0.717) is 22.2 Å². The van der Waals surface area contributed by atoms with Crippen molar-refractivity contribution in [2.45, 2.75) is 40.0 Å². The van der Waals surface area contributed by atoms with Crippen LogP contribution in [0.4, 0.5) is 28.8 Å². The molecule has 3 heterocycles. The molecule has 5 rings (SSSR count). The minimum Gasteiger partial charge on any atom is -0.494 e. The number of rotatable bonds is 8. The lowest BCUT2D eigenvalue weighted by molar-refractivity contribution is 0.0905. The first-order valence-electron chi connectivity index (χ1n) is 14.3. The maximum Gasteiger partial charge on any atom is 0.229 e. The topological polar surface area (TPSA) is 82.6 Å². The summed E-state index contributed by atoms with van der Waals surface area (Å²) < 4.78 is 19.0. The normalized spacial score (nSPS) is 16.9. The molecule has 0 radical (unpaired) electrons. The number of hydrogen-bond acceptors (Lipinski definition) is 8. The van der Waals surface area contributed by atoms with Crippen molar-refractivity contribution in [3.8, 4) is 5.75 Å². The summed E-state index contributed by atoms with van der Waals surface area (Å²) in [6.07, 6.45) is 5.00. The minimum absolute atomic E-state index is 0.374. The van der Waals surface area contributed by atoms with Gasteiger partial charge in [0.05, 0.1) is 24.7 Å². The number of nitrogens with one attached hydrogen (secondary N) is 2. The number of ether oxygens (including phenoxy) is 1. The van der Waals surface area contributed by atoms with Gasteiger partial charge < -0.3 is 29.7 Å². The molecule has 2 N–H and O–H groups in total. The Morgan fingerprint density at radius 2 is 1.80 bits per heavy atom. The fourth-order valence-electron chi connectivity index (χ4n) is 6.16. The van der Waals surface area contributed by atoms with Crippen LogP contribution in [0, 0.1) is 19.3 Å². The molecule has 0 unspecified atom stereocenters. The van der Waals surface area contributed by atoms with Crippen LogP contribution < -0.4 is 25.6 Å². The van der Waals surface area contributed by atoms with Gasteiger partial charge in [0, 0.05) is 35.6 Å². The second-order valence-electron chi connectivity index (χ2n) is 12.1. The van der Waals surface area contributed by atoms with E-state index in [0.717, 1.165) is 53.1 Å². The fraction of sp³-hybridized carbons (Fsp3) is 0.484. The van der Waals surface area contributed by atoms with Crippen molar-refractivity contribution in [2.24, 2.45) is 5.41 Å². The molecule has 10 heteroatoms. The molecule has 3 aromatic rings. The summed E-state index contributed by atoms with van der Waals surface area (Å²) in [5.74, 6) is 1.57. The predicted molar refractivity (Wildman–Crippen MR) is 172 cm³/mol. The average molecular weight is 597 g/mol. The summed E-state index contributed by atoms with van der Waals surface area (Å²) in [4.78, 5) is 14.1. The molecule has 0 atom stereocenters. The van der Waals surface area contributed by atoms with E-state index in [4.69, 9.17) is 21.3 Å². The molecule has 2 aromatic carbocycles. The highest BCUT2D eigenvalue weighted by atomic mass is 35.5. The van der Waals surface area contributed by atoms with Gasteiger partial charge in [-0.25, -0.2) is 4.98 Å². The third kappa shape index (κ3) is 6.06. The van der Waals surface area contributed by atoms with E-state index in [1.54, 1.807) is 26.6 Å². The number of likely N-dealkylation sites (tertiary alicyclic amines) is 1. The van der Waals surface area contributed by atoms with Gasteiger partial charge >= 0.3 is 0 Å². The zero-order chi connectivity index (χ0) is 29.5. The van der Waals surface area contributed by atoms with Gasteiger partial charge in [0.15, 0.2) is 5.82 Å². The zero-order valence-corrected chi connectivity index (χ0v) is 26.9. The molecule has 1 spiro atoms. The van der Waals surface area contributed by atoms with Crippen LogP contribution in [0.25, 0.3) is 0 Å². The second-order valence-corrected chi connectivity index (χ2v) is 15.6. The number of aryl methyl sites for hydroxylation is 2. The Morgan fingerprint density at radius 1 is 1.10 bits per heavy atom. The SMILES string of the molecule is CCc1cc(Nc2ncc(Cl)c(Nc3ccc(C)c(C)c3P(C)(C)=O)n2)c(OC)cc1N1CC2(CCN(C)CC2)C1. The van der Waals surface area contributed by atoms with Crippen molar-refractivity contribution in [2.75, 3.05) is 69.2 Å². The van der Waals surface area contributed by atoms with E-state index in [1.807, 2.05) is 26.0 Å². The number of hydrogen-bond donors (Lipinski definition) is 2. The monoisotopic (exact) mass is 596 g/mol. The molecule has 1 aromatic heterocycles. The maximum absolute atomic E-state index is 13.2. The van der Waals surface area contributed by atoms with E-state index in [9.17, 15) is 4.57 Å². The lowest BCUT2D eigenvalue weighted by atomic mass is 9.71. The maximum atomic E-state index is 13.2. The second kappa shape index (κ2) is 11.5. The summed E-state index contributed by atoms with van der Waals surface area (Å²) in [6, 6.07) is 8.23. The molecule has 2 aliphatic heterocycles. The summed E-state index contributed by atoms with van der Waals surface area (Å²) in [7, 11) is 1.33. The first-order chi connectivity index (χ1) is 19.4. The molecule has 2 fully saturated rings. The van der Waals surface area contributed by atoms with Gasteiger partial charge in [0.2, 0.25) is 5.95 Å². The van der Waals surface area contributed by atoms with Crippen molar-refractivity contribution < 1.29 is 9.30 Å². The molecule has 220 valence electrons. The van der Waals surface area contributed by atoms with Crippen molar-refractivity contribution in [3.05, 3.63) is 52.2 Å². The van der Waals surface area contributed by atoms with E-state index in [1.165, 1.54) is 37.2 Å². The van der Waals surface area contributed by atoms with E-state index in [-0.39, 0.29) is 0 Å². The van der Waals surface area contributed by atoms with Crippen LogP contribution in [0.15, 0.2) is 30.5 Å². The van der Waals surface area contributed by atoms with Gasteiger partial charge in [0.25, 0.3) is 0 Å². The smallest absolute Gasteiger partial charge is 0.229 e. The molecule has 8 nitrogen and oxygen atoms in total. The molecular formula is C31H42ClN6O2P. The minimum atomic E-state index is -2.57. The Morgan fingerprint density at radius 3 is 2.44 bits per heavy atom. The summed E-state index contributed by atoms with van der Waals surface area (Å²) in [5, 5.41) is 7.86. The number of methoxy groups -OCH3 is 1. The van der Waals surface area contributed by atoms with Crippen molar-refractivity contribution in [1.29, 1.82) is 0 Å². The highest BCUT2D eigenvalue weighted by molar-refractivity contribution is 7.70. The number of aromatic nitrogens is 2. The predicted octanol–water partition coefficient (Wildman–Crippen LogP) is 6.59. The van der Waals surface area contributed by atoms with Gasteiger partial charge in [0.1, 0.15) is 17.9 Å². The molecule has 0 aliphatic carbocycles. The number of nitrogens with zero attached hydrogens (tertiary/aromatic N) is 4. The first kappa shape index (κ1) is 29.7. The highest BCUT2D eigenvalue weighted by Gasteiger charge is 2.45. The lowest BCUT2D eigenvalue weighted by Crippen LogP contribution is -2.60. The quantitative estimate of drug-likeness (QED) is 0.282. The zero-order valence-electron chi connectivity index (χ0n) is 25.3. The van der Waals surface area contributed by atoms with Crippen LogP contribution in [0.1, 0.15) is 36.5 Å². The lowest BCUT2D eigenvalue weighted by Gasteiger charge is -2.55. The van der Waals surface area contributed by atoms with Crippen molar-refractivity contribution in [1.82, 2.24) is 14.9 Å². The molecule has 41 heavy (non-hydrogen) atoms. The van der Waals surface area contributed by atoms with Crippen LogP contribution >= 0.6 is 18.7 Å². The van der Waals surface area contributed by atoms with Crippen LogP contribution in [-0.4, -0.2) is 68.5 Å². The van der Waals surface area contributed by atoms with Crippen LogP contribution in [0.3, 0.4) is 0 Å². The Labute approximate surface area is 249 Å². The number of halogens is 1. The Balaban J connectivity index is 1.40. The Kier molecular flexibility index (Phi) is 8.30. The first-order valence-corrected chi connectivity index (χ1v) is 17.3. The van der Waals surface area contributed by atoms with Gasteiger partial charge in [-0.05, 0) is 95.4 Å². The number of anilines is 5. The standard InChI is InChI=1S/C31H42ClN6O2P/c1-8-22-15-25(27(40-5)16-26(22)38-18-31(19-38)11-13-37(4)14-12-31)35-30-33-17-23(32)29(36-30)34-24-10-9-20(2)21(3)28(24)41(6,7)39/h9-10,15-17H,8,11-14,18-19H2,1-7H3,(H2,33,34,35,36). The summed E-state index contributed by atoms with van der Waals surface area (Å²) >= 11 is 6.52. The third-order valence-electron chi connectivity index (χ3n) is 8.71. The summed E-state index contributed by atoms with van der Waals surface area (Å²) in [5.41, 5.74) is 6.57. The molecule has 2 saturated heterocycles. The van der Waals surface area contributed by atoms with E-state index < -0.39 is 7.14 Å². The van der Waals surface area contributed by atoms with Gasteiger partial charge in [-0.1, -0.05) is 24.6 Å². The molecule has 2 aliphatic rings. The molecule has 0 bridgehead atoms. The van der Waals surface area contributed by atoms with Gasteiger partial charge in [-0.3, -0.25) is 0 Å². The molecule has 0 saturated carbocycles. The van der Waals surface area contributed by atoms with Crippen LogP contribution in [-0.2, 0) is 11.0 Å². The van der Waals surface area contributed by atoms with Crippen LogP contribution in [0.5, 0.6) is 5.75 Å². The van der Waals surface area contributed by atoms with Crippen molar-refractivity contribution in [3.63, 3.8) is 0 Å². The average Bonchev–Trinajstić information content (AvgIpc) is 2.91. The van der Waals surface area contributed by atoms with E-state index >= 15 is 0 Å². The number of benzene rings is 2. The van der Waals surface area contributed by atoms with Gasteiger partial charge in [-0.15, -0.1) is 0 Å². The third-order valence-corrected chi connectivity index (χ3v) is 10.6. The van der Waals surface area contributed by atoms with Gasteiger partial charge in [-0.2, -0.15) is 4.98 Å². The van der Waals surface area contributed by atoms with E-state index in [2.05, 4.69) is 51.5 Å². The Hall–Kier alpha value is -2.80.